The highest BCUT2D eigenvalue weighted by atomic mass is 16.5. The highest BCUT2D eigenvalue weighted by molar-refractivity contribution is 5.91. The lowest BCUT2D eigenvalue weighted by molar-refractivity contribution is -0.141. The number of carbonyl (C=O) groups excluding carboxylic acids is 2. The van der Waals surface area contributed by atoms with Crippen molar-refractivity contribution in [2.45, 2.75) is 6.42 Å². The lowest BCUT2D eigenvalue weighted by atomic mass is 10.1. The summed E-state index contributed by atoms with van der Waals surface area (Å²) in [5.74, 6) is -0.543. The zero-order valence-corrected chi connectivity index (χ0v) is 11.5. The molecule has 1 amide bonds. The second kappa shape index (κ2) is 7.74. The zero-order valence-electron chi connectivity index (χ0n) is 11.5. The molecule has 1 aromatic carbocycles. The number of nitrogens with zero attached hydrogens (tertiary/aromatic N) is 2. The molecule has 0 aromatic heterocycles. The molecule has 0 unspecified atom stereocenters. The first kappa shape index (κ1) is 15.4. The van der Waals surface area contributed by atoms with Crippen LogP contribution in [0.1, 0.15) is 17.5 Å². The smallest absolute Gasteiger partial charge is 0.307 e. The average molecular weight is 272 g/mol. The van der Waals surface area contributed by atoms with Crippen LogP contribution >= 0.6 is 0 Å². The van der Waals surface area contributed by atoms with Crippen LogP contribution in [0.3, 0.4) is 0 Å². The Morgan fingerprint density at radius 3 is 2.55 bits per heavy atom. The second-order valence-electron chi connectivity index (χ2n) is 4.15. The third kappa shape index (κ3) is 4.94. The maximum absolute atomic E-state index is 11.8. The zero-order chi connectivity index (χ0) is 15.0. The van der Waals surface area contributed by atoms with Crippen LogP contribution in [-0.2, 0) is 14.3 Å². The molecule has 0 saturated carbocycles. The molecule has 0 aliphatic rings. The molecule has 5 heteroatoms. The van der Waals surface area contributed by atoms with Gasteiger partial charge in [0, 0.05) is 19.7 Å². The minimum Gasteiger partial charge on any atom is -0.469 e. The molecule has 0 N–H and O–H groups in total. The molecular weight excluding hydrogens is 256 g/mol. The van der Waals surface area contributed by atoms with Crippen molar-refractivity contribution in [1.82, 2.24) is 4.90 Å². The molecule has 104 valence electrons. The molecule has 0 aliphatic carbocycles. The molecule has 0 atom stereocenters. The Hall–Kier alpha value is -2.61. The molecule has 0 radical (unpaired) electrons. The van der Waals surface area contributed by atoms with Gasteiger partial charge in [0.25, 0.3) is 0 Å². The predicted octanol–water partition coefficient (Wildman–Crippen LogP) is 1.59. The van der Waals surface area contributed by atoms with Gasteiger partial charge in [-0.3, -0.25) is 9.59 Å². The van der Waals surface area contributed by atoms with Gasteiger partial charge in [-0.25, -0.2) is 0 Å². The van der Waals surface area contributed by atoms with E-state index in [0.717, 1.165) is 5.56 Å². The lowest BCUT2D eigenvalue weighted by Crippen LogP contribution is -2.27. The fourth-order valence-electron chi connectivity index (χ4n) is 1.43. The maximum atomic E-state index is 11.8. The van der Waals surface area contributed by atoms with Crippen LogP contribution in [0.5, 0.6) is 0 Å². The van der Waals surface area contributed by atoms with Gasteiger partial charge in [-0.1, -0.05) is 12.1 Å². The molecule has 0 heterocycles. The first-order valence-corrected chi connectivity index (χ1v) is 6.07. The van der Waals surface area contributed by atoms with Crippen LogP contribution in [0.15, 0.2) is 30.3 Å². The van der Waals surface area contributed by atoms with Gasteiger partial charge in [0.05, 0.1) is 25.2 Å². The molecule has 1 rings (SSSR count). The Kier molecular flexibility index (Phi) is 5.98. The molecule has 0 spiro atoms. The first-order valence-electron chi connectivity index (χ1n) is 6.07. The largest absolute Gasteiger partial charge is 0.469 e. The Morgan fingerprint density at radius 1 is 1.35 bits per heavy atom. The van der Waals surface area contributed by atoms with E-state index in [4.69, 9.17) is 5.26 Å². The fourth-order valence-corrected chi connectivity index (χ4v) is 1.43. The minimum absolute atomic E-state index is 0.170. The van der Waals surface area contributed by atoms with Crippen LogP contribution in [0, 0.1) is 11.3 Å². The number of amides is 1. The number of rotatable bonds is 5. The van der Waals surface area contributed by atoms with Crippen LogP contribution in [-0.4, -0.2) is 37.5 Å². The molecule has 20 heavy (non-hydrogen) atoms. The predicted molar refractivity (Wildman–Crippen MR) is 74.5 cm³/mol. The Balaban J connectivity index is 2.53. The number of hydrogen-bond donors (Lipinski definition) is 0. The van der Waals surface area contributed by atoms with Gasteiger partial charge in [-0.15, -0.1) is 0 Å². The van der Waals surface area contributed by atoms with E-state index in [9.17, 15) is 9.59 Å². The molecule has 0 fully saturated rings. The topological polar surface area (TPSA) is 70.4 Å². The number of hydrogen-bond acceptors (Lipinski definition) is 4. The average Bonchev–Trinajstić information content (AvgIpc) is 2.50. The van der Waals surface area contributed by atoms with Crippen molar-refractivity contribution < 1.29 is 14.3 Å². The van der Waals surface area contributed by atoms with Crippen LogP contribution in [0.4, 0.5) is 0 Å². The molecule has 0 saturated heterocycles. The van der Waals surface area contributed by atoms with E-state index >= 15 is 0 Å². The lowest BCUT2D eigenvalue weighted by Gasteiger charge is -2.13. The van der Waals surface area contributed by atoms with Crippen molar-refractivity contribution in [1.29, 1.82) is 5.26 Å². The van der Waals surface area contributed by atoms with E-state index in [1.807, 2.05) is 6.07 Å². The summed E-state index contributed by atoms with van der Waals surface area (Å²) in [7, 11) is 2.93. The van der Waals surface area contributed by atoms with E-state index in [1.54, 1.807) is 37.4 Å². The van der Waals surface area contributed by atoms with Gasteiger partial charge in [0.1, 0.15) is 0 Å². The van der Waals surface area contributed by atoms with Gasteiger partial charge in [-0.2, -0.15) is 5.26 Å². The molecule has 5 nitrogen and oxygen atoms in total. The standard InChI is InChI=1S/C15H16N2O3/c1-17(10-9-15(19)20-2)14(18)8-7-12-3-5-13(11-16)6-4-12/h3-8H,9-10H2,1-2H3. The number of esters is 1. The molecule has 0 aliphatic heterocycles. The van der Waals surface area contributed by atoms with Crippen LogP contribution in [0.2, 0.25) is 0 Å². The van der Waals surface area contributed by atoms with E-state index in [-0.39, 0.29) is 18.3 Å². The number of likely N-dealkylation sites (N-methyl/N-ethyl adjacent to an activating group) is 1. The summed E-state index contributed by atoms with van der Waals surface area (Å²) < 4.78 is 4.51. The summed E-state index contributed by atoms with van der Waals surface area (Å²) in [5, 5.41) is 8.68. The van der Waals surface area contributed by atoms with E-state index in [2.05, 4.69) is 4.74 Å². The monoisotopic (exact) mass is 272 g/mol. The van der Waals surface area contributed by atoms with E-state index in [0.29, 0.717) is 12.1 Å². The van der Waals surface area contributed by atoms with Crippen LogP contribution in [0.25, 0.3) is 6.08 Å². The van der Waals surface area contributed by atoms with Gasteiger partial charge in [0.2, 0.25) is 5.91 Å². The maximum Gasteiger partial charge on any atom is 0.307 e. The third-order valence-electron chi connectivity index (χ3n) is 2.71. The van der Waals surface area contributed by atoms with Crippen molar-refractivity contribution in [2.24, 2.45) is 0 Å². The third-order valence-corrected chi connectivity index (χ3v) is 2.71. The highest BCUT2D eigenvalue weighted by Crippen LogP contribution is 2.05. The second-order valence-corrected chi connectivity index (χ2v) is 4.15. The molecule has 1 aromatic rings. The van der Waals surface area contributed by atoms with Gasteiger partial charge < -0.3 is 9.64 Å². The van der Waals surface area contributed by atoms with Crippen molar-refractivity contribution in [3.8, 4) is 6.07 Å². The first-order chi connectivity index (χ1) is 9.56. The summed E-state index contributed by atoms with van der Waals surface area (Å²) >= 11 is 0. The van der Waals surface area contributed by atoms with Crippen LogP contribution < -0.4 is 0 Å². The summed E-state index contributed by atoms with van der Waals surface area (Å²) in [6.45, 7) is 0.309. The van der Waals surface area contributed by atoms with Gasteiger partial charge >= 0.3 is 5.97 Å². The van der Waals surface area contributed by atoms with Crippen molar-refractivity contribution in [3.05, 3.63) is 41.5 Å². The number of carbonyl (C=O) groups is 2. The number of methoxy groups -OCH3 is 1. The normalized spacial score (nSPS) is 10.1. The summed E-state index contributed by atoms with van der Waals surface area (Å²) in [4.78, 5) is 24.2. The summed E-state index contributed by atoms with van der Waals surface area (Å²) in [6, 6.07) is 8.92. The van der Waals surface area contributed by atoms with Gasteiger partial charge in [0.15, 0.2) is 0 Å². The number of ether oxygens (including phenoxy) is 1. The number of benzene rings is 1. The Bertz CT molecular complexity index is 541. The molecule has 0 bridgehead atoms. The van der Waals surface area contributed by atoms with Crippen molar-refractivity contribution >= 4 is 18.0 Å². The Morgan fingerprint density at radius 2 is 2.00 bits per heavy atom. The van der Waals surface area contributed by atoms with Gasteiger partial charge in [-0.05, 0) is 23.8 Å². The van der Waals surface area contributed by atoms with E-state index in [1.165, 1.54) is 18.1 Å². The van der Waals surface area contributed by atoms with E-state index < -0.39 is 0 Å². The van der Waals surface area contributed by atoms with Crippen molar-refractivity contribution in [2.75, 3.05) is 20.7 Å². The summed E-state index contributed by atoms with van der Waals surface area (Å²) in [5.41, 5.74) is 1.40. The Labute approximate surface area is 118 Å². The summed E-state index contributed by atoms with van der Waals surface area (Å²) in [6.07, 6.45) is 3.26. The minimum atomic E-state index is -0.347. The highest BCUT2D eigenvalue weighted by Gasteiger charge is 2.07. The van der Waals surface area contributed by atoms with Crippen molar-refractivity contribution in [3.63, 3.8) is 0 Å². The SMILES string of the molecule is COC(=O)CCN(C)C(=O)C=Cc1ccc(C#N)cc1. The number of nitriles is 1. The quantitative estimate of drug-likeness (QED) is 0.603. The molecular formula is C15H16N2O3. The fraction of sp³-hybridized carbons (Fsp3) is 0.267.